The fourth-order valence-electron chi connectivity index (χ4n) is 2.20. The van der Waals surface area contributed by atoms with E-state index in [0.717, 1.165) is 24.5 Å². The molecule has 0 spiro atoms. The van der Waals surface area contributed by atoms with Crippen molar-refractivity contribution in [3.63, 3.8) is 0 Å². The third kappa shape index (κ3) is 3.32. The second-order valence-corrected chi connectivity index (χ2v) is 4.58. The first-order valence-electron chi connectivity index (χ1n) is 6.72. The van der Waals surface area contributed by atoms with E-state index in [0.29, 0.717) is 12.5 Å². The predicted octanol–water partition coefficient (Wildman–Crippen LogP) is 1.69. The highest BCUT2D eigenvalue weighted by Crippen LogP contribution is 2.20. The summed E-state index contributed by atoms with van der Waals surface area (Å²) in [7, 11) is 0. The molecule has 2 heterocycles. The second-order valence-electron chi connectivity index (χ2n) is 4.58. The Kier molecular flexibility index (Phi) is 4.75. The third-order valence-corrected chi connectivity index (χ3v) is 3.23. The average molecular weight is 250 g/mol. The molecule has 1 saturated heterocycles. The van der Waals surface area contributed by atoms with Crippen LogP contribution in [0.5, 0.6) is 5.88 Å². The summed E-state index contributed by atoms with van der Waals surface area (Å²) < 4.78 is 5.75. The number of nitrogens with one attached hydrogen (secondary N) is 1. The van der Waals surface area contributed by atoms with Gasteiger partial charge in [0.15, 0.2) is 0 Å². The lowest BCUT2D eigenvalue weighted by Crippen LogP contribution is -2.25. The number of hydrogen-bond acceptors (Lipinski definition) is 5. The summed E-state index contributed by atoms with van der Waals surface area (Å²) in [6.07, 6.45) is 4.18. The minimum atomic E-state index is 0.695. The summed E-state index contributed by atoms with van der Waals surface area (Å²) in [4.78, 5) is 10.8. The molecule has 1 aromatic rings. The largest absolute Gasteiger partial charge is 0.476 e. The van der Waals surface area contributed by atoms with Gasteiger partial charge in [0.05, 0.1) is 5.56 Å². The molecule has 0 aromatic carbocycles. The van der Waals surface area contributed by atoms with Gasteiger partial charge in [-0.3, -0.25) is 4.90 Å². The smallest absolute Gasteiger partial charge is 0.221 e. The fourth-order valence-corrected chi connectivity index (χ4v) is 2.20. The Hall–Kier alpha value is -1.36. The summed E-state index contributed by atoms with van der Waals surface area (Å²) in [6, 6.07) is 0. The van der Waals surface area contributed by atoms with Crippen LogP contribution < -0.4 is 10.1 Å². The molecule has 1 aliphatic rings. The number of ether oxygens (including phenoxy) is 1. The number of anilines is 1. The molecule has 1 aromatic heterocycles. The molecule has 0 unspecified atom stereocenters. The lowest BCUT2D eigenvalue weighted by atomic mass is 10.3. The maximum atomic E-state index is 5.75. The molecule has 0 amide bonds. The maximum absolute atomic E-state index is 5.75. The molecule has 0 atom stereocenters. The number of aromatic nitrogens is 2. The second kappa shape index (κ2) is 6.54. The highest BCUT2D eigenvalue weighted by molar-refractivity contribution is 5.47. The number of hydrogen-bond donors (Lipinski definition) is 1. The Morgan fingerprint density at radius 3 is 2.83 bits per heavy atom. The molecule has 1 aliphatic heterocycles. The molecular weight excluding hydrogens is 228 g/mol. The molecule has 0 aliphatic carbocycles. The molecule has 0 radical (unpaired) electrons. The van der Waals surface area contributed by atoms with Gasteiger partial charge in [-0.2, -0.15) is 0 Å². The van der Waals surface area contributed by atoms with E-state index < -0.39 is 0 Å². The van der Waals surface area contributed by atoms with Crippen LogP contribution in [0.3, 0.4) is 0 Å². The zero-order valence-corrected chi connectivity index (χ0v) is 11.3. The number of nitrogens with zero attached hydrogens (tertiary/aromatic N) is 3. The van der Waals surface area contributed by atoms with E-state index in [1.807, 2.05) is 6.92 Å². The van der Waals surface area contributed by atoms with Crippen molar-refractivity contribution < 1.29 is 4.74 Å². The Balaban J connectivity index is 1.86. The van der Waals surface area contributed by atoms with Crippen LogP contribution in [0.15, 0.2) is 6.33 Å². The van der Waals surface area contributed by atoms with E-state index >= 15 is 0 Å². The standard InChI is InChI=1S/C13H22N4O/c1-3-14-12-11(2)13(16-10-15-12)18-9-8-17-6-4-5-7-17/h10H,3-9H2,1-2H3,(H,14,15,16). The molecule has 2 rings (SSSR count). The van der Waals surface area contributed by atoms with Crippen LogP contribution in [-0.2, 0) is 0 Å². The van der Waals surface area contributed by atoms with Crippen molar-refractivity contribution in [1.29, 1.82) is 0 Å². The van der Waals surface area contributed by atoms with Gasteiger partial charge in [-0.1, -0.05) is 0 Å². The average Bonchev–Trinajstić information content (AvgIpc) is 2.87. The van der Waals surface area contributed by atoms with E-state index in [1.165, 1.54) is 25.9 Å². The SMILES string of the molecule is CCNc1ncnc(OCCN2CCCC2)c1C. The fraction of sp³-hybridized carbons (Fsp3) is 0.692. The highest BCUT2D eigenvalue weighted by atomic mass is 16.5. The van der Waals surface area contributed by atoms with Crippen LogP contribution in [-0.4, -0.2) is 47.7 Å². The Labute approximate surface area is 109 Å². The molecule has 1 fully saturated rings. The van der Waals surface area contributed by atoms with Gasteiger partial charge in [0.2, 0.25) is 5.88 Å². The minimum absolute atomic E-state index is 0.695. The van der Waals surface area contributed by atoms with Crippen LogP contribution >= 0.6 is 0 Å². The quantitative estimate of drug-likeness (QED) is 0.832. The first-order valence-corrected chi connectivity index (χ1v) is 6.72. The van der Waals surface area contributed by atoms with Crippen LogP contribution in [0, 0.1) is 6.92 Å². The topological polar surface area (TPSA) is 50.3 Å². The Morgan fingerprint density at radius 2 is 2.11 bits per heavy atom. The lowest BCUT2D eigenvalue weighted by Gasteiger charge is -2.16. The van der Waals surface area contributed by atoms with E-state index in [1.54, 1.807) is 6.33 Å². The molecule has 5 heteroatoms. The maximum Gasteiger partial charge on any atom is 0.221 e. The zero-order valence-electron chi connectivity index (χ0n) is 11.3. The molecule has 0 bridgehead atoms. The van der Waals surface area contributed by atoms with E-state index in [2.05, 4.69) is 27.1 Å². The van der Waals surface area contributed by atoms with Crippen molar-refractivity contribution in [2.75, 3.05) is 38.1 Å². The molecule has 18 heavy (non-hydrogen) atoms. The van der Waals surface area contributed by atoms with Crippen molar-refractivity contribution in [3.05, 3.63) is 11.9 Å². The van der Waals surface area contributed by atoms with Crippen molar-refractivity contribution in [2.24, 2.45) is 0 Å². The zero-order chi connectivity index (χ0) is 12.8. The van der Waals surface area contributed by atoms with Crippen LogP contribution in [0.4, 0.5) is 5.82 Å². The van der Waals surface area contributed by atoms with Gasteiger partial charge in [0.25, 0.3) is 0 Å². The molecule has 100 valence electrons. The first kappa shape index (κ1) is 13.1. The molecule has 0 saturated carbocycles. The van der Waals surface area contributed by atoms with Gasteiger partial charge in [-0.25, -0.2) is 9.97 Å². The monoisotopic (exact) mass is 250 g/mol. The van der Waals surface area contributed by atoms with E-state index in [9.17, 15) is 0 Å². The lowest BCUT2D eigenvalue weighted by molar-refractivity contribution is 0.230. The summed E-state index contributed by atoms with van der Waals surface area (Å²) in [5.74, 6) is 1.56. The molecular formula is C13H22N4O. The summed E-state index contributed by atoms with van der Waals surface area (Å²) in [6.45, 7) is 8.98. The number of likely N-dealkylation sites (tertiary alicyclic amines) is 1. The summed E-state index contributed by atoms with van der Waals surface area (Å²) in [5, 5.41) is 3.21. The number of rotatable bonds is 6. The van der Waals surface area contributed by atoms with Gasteiger partial charge in [0, 0.05) is 13.1 Å². The van der Waals surface area contributed by atoms with Crippen LogP contribution in [0.25, 0.3) is 0 Å². The van der Waals surface area contributed by atoms with Crippen molar-refractivity contribution in [2.45, 2.75) is 26.7 Å². The molecule has 1 N–H and O–H groups in total. The molecule has 5 nitrogen and oxygen atoms in total. The summed E-state index contributed by atoms with van der Waals surface area (Å²) in [5.41, 5.74) is 0.987. The normalized spacial score (nSPS) is 15.9. The van der Waals surface area contributed by atoms with Gasteiger partial charge in [0.1, 0.15) is 18.8 Å². The van der Waals surface area contributed by atoms with Crippen molar-refractivity contribution >= 4 is 5.82 Å². The van der Waals surface area contributed by atoms with Gasteiger partial charge in [-0.05, 0) is 39.8 Å². The van der Waals surface area contributed by atoms with Crippen LogP contribution in [0.1, 0.15) is 25.3 Å². The Morgan fingerprint density at radius 1 is 1.33 bits per heavy atom. The van der Waals surface area contributed by atoms with Crippen LogP contribution in [0.2, 0.25) is 0 Å². The van der Waals surface area contributed by atoms with Crippen molar-refractivity contribution in [3.8, 4) is 5.88 Å². The van der Waals surface area contributed by atoms with Gasteiger partial charge >= 0.3 is 0 Å². The first-order chi connectivity index (χ1) is 8.81. The summed E-state index contributed by atoms with van der Waals surface area (Å²) >= 11 is 0. The van der Waals surface area contributed by atoms with Gasteiger partial charge in [-0.15, -0.1) is 0 Å². The minimum Gasteiger partial charge on any atom is -0.476 e. The van der Waals surface area contributed by atoms with Crippen molar-refractivity contribution in [1.82, 2.24) is 14.9 Å². The van der Waals surface area contributed by atoms with E-state index in [-0.39, 0.29) is 0 Å². The third-order valence-electron chi connectivity index (χ3n) is 3.23. The highest BCUT2D eigenvalue weighted by Gasteiger charge is 2.12. The van der Waals surface area contributed by atoms with Gasteiger partial charge < -0.3 is 10.1 Å². The Bertz CT molecular complexity index is 377. The van der Waals surface area contributed by atoms with E-state index in [4.69, 9.17) is 4.74 Å². The predicted molar refractivity (Wildman–Crippen MR) is 72.1 cm³/mol.